The van der Waals surface area contributed by atoms with Crippen LogP contribution in [-0.4, -0.2) is 18.5 Å². The fourth-order valence-corrected chi connectivity index (χ4v) is 2.41. The molecule has 24 heavy (non-hydrogen) atoms. The van der Waals surface area contributed by atoms with E-state index >= 15 is 0 Å². The van der Waals surface area contributed by atoms with Crippen LogP contribution < -0.4 is 4.74 Å². The van der Waals surface area contributed by atoms with E-state index in [4.69, 9.17) is 9.47 Å². The molecule has 0 saturated carbocycles. The summed E-state index contributed by atoms with van der Waals surface area (Å²) in [6.07, 6.45) is 0. The number of carbonyl (C=O) groups is 2. The quantitative estimate of drug-likeness (QED) is 0.388. The average molecular weight is 438 g/mol. The Balaban J connectivity index is 2.09. The summed E-state index contributed by atoms with van der Waals surface area (Å²) in [6.45, 7) is 6.26. The van der Waals surface area contributed by atoms with Crippen LogP contribution in [0.5, 0.6) is 5.75 Å². The Morgan fingerprint density at radius 1 is 1.04 bits per heavy atom. The number of halogens is 1. The number of esters is 2. The molecule has 0 saturated heterocycles. The molecular formula is C19H19IO4. The number of aryl methyl sites for hydroxylation is 1. The van der Waals surface area contributed by atoms with Crippen LogP contribution >= 0.6 is 22.6 Å². The van der Waals surface area contributed by atoms with Gasteiger partial charge in [-0.3, -0.25) is 0 Å². The van der Waals surface area contributed by atoms with Crippen LogP contribution in [0.2, 0.25) is 0 Å². The predicted molar refractivity (Wildman–Crippen MR) is 100 cm³/mol. The largest absolute Gasteiger partial charge is 0.462 e. The summed E-state index contributed by atoms with van der Waals surface area (Å²) < 4.78 is 11.5. The lowest BCUT2D eigenvalue weighted by Crippen LogP contribution is -2.12. The van der Waals surface area contributed by atoms with Gasteiger partial charge in [-0.2, -0.15) is 0 Å². The second kappa shape index (κ2) is 8.28. The van der Waals surface area contributed by atoms with Gasteiger partial charge in [-0.05, 0) is 71.3 Å². The molecule has 0 amide bonds. The first kappa shape index (κ1) is 18.4. The van der Waals surface area contributed by atoms with Gasteiger partial charge in [-0.25, -0.2) is 9.59 Å². The normalized spacial score (nSPS) is 10.5. The lowest BCUT2D eigenvalue weighted by molar-refractivity contribution is 0.0457. The second-order valence-electron chi connectivity index (χ2n) is 5.87. The number of hydrogen-bond donors (Lipinski definition) is 0. The molecule has 0 heterocycles. The Morgan fingerprint density at radius 2 is 1.75 bits per heavy atom. The van der Waals surface area contributed by atoms with E-state index in [2.05, 4.69) is 22.6 Å². The molecule has 0 spiro atoms. The molecule has 0 N–H and O–H groups in total. The van der Waals surface area contributed by atoms with E-state index in [0.29, 0.717) is 23.5 Å². The van der Waals surface area contributed by atoms with E-state index in [0.717, 1.165) is 9.13 Å². The van der Waals surface area contributed by atoms with Crippen molar-refractivity contribution in [2.24, 2.45) is 5.92 Å². The maximum Gasteiger partial charge on any atom is 0.343 e. The number of benzene rings is 2. The number of ether oxygens (including phenoxy) is 2. The molecule has 2 rings (SSSR count). The molecule has 5 heteroatoms. The first-order valence-electron chi connectivity index (χ1n) is 7.62. The van der Waals surface area contributed by atoms with Crippen molar-refractivity contribution in [3.63, 3.8) is 0 Å². The highest BCUT2D eigenvalue weighted by atomic mass is 127. The minimum Gasteiger partial charge on any atom is -0.462 e. The summed E-state index contributed by atoms with van der Waals surface area (Å²) in [6, 6.07) is 11.8. The molecule has 4 nitrogen and oxygen atoms in total. The lowest BCUT2D eigenvalue weighted by atomic mass is 10.1. The molecule has 0 aliphatic heterocycles. The van der Waals surface area contributed by atoms with E-state index in [1.165, 1.54) is 6.07 Å². The van der Waals surface area contributed by atoms with Crippen molar-refractivity contribution in [2.75, 3.05) is 6.61 Å². The smallest absolute Gasteiger partial charge is 0.343 e. The fourth-order valence-electron chi connectivity index (χ4n) is 1.90. The molecule has 2 aromatic rings. The van der Waals surface area contributed by atoms with E-state index in [1.54, 1.807) is 30.3 Å². The third-order valence-corrected chi connectivity index (χ3v) is 4.40. The van der Waals surface area contributed by atoms with Crippen molar-refractivity contribution < 1.29 is 19.1 Å². The predicted octanol–water partition coefficient (Wildman–Crippen LogP) is 4.63. The van der Waals surface area contributed by atoms with Crippen LogP contribution in [0.15, 0.2) is 42.5 Å². The van der Waals surface area contributed by atoms with Crippen LogP contribution in [0.3, 0.4) is 0 Å². The fraction of sp³-hybridized carbons (Fsp3) is 0.263. The standard InChI is InChI=1S/C19H19IO4/c1-12(2)11-23-18(21)14-5-4-6-16(9-14)24-19(22)15-8-7-13(3)17(20)10-15/h4-10,12H,11H2,1-3H3. The highest BCUT2D eigenvalue weighted by Crippen LogP contribution is 2.18. The average Bonchev–Trinajstić information content (AvgIpc) is 2.55. The summed E-state index contributed by atoms with van der Waals surface area (Å²) in [5, 5.41) is 0. The van der Waals surface area contributed by atoms with Crippen LogP contribution in [0.4, 0.5) is 0 Å². The Labute approximate surface area is 155 Å². The summed E-state index contributed by atoms with van der Waals surface area (Å²) in [5.74, 6) is -0.305. The summed E-state index contributed by atoms with van der Waals surface area (Å²) >= 11 is 2.17. The van der Waals surface area contributed by atoms with Gasteiger partial charge in [0.15, 0.2) is 0 Å². The third kappa shape index (κ3) is 5.06. The molecule has 0 fully saturated rings. The molecule has 0 aliphatic rings. The molecule has 0 unspecified atom stereocenters. The van der Waals surface area contributed by atoms with E-state index < -0.39 is 11.9 Å². The summed E-state index contributed by atoms with van der Waals surface area (Å²) in [5.41, 5.74) is 1.93. The van der Waals surface area contributed by atoms with Gasteiger partial charge >= 0.3 is 11.9 Å². The Morgan fingerprint density at radius 3 is 2.42 bits per heavy atom. The van der Waals surface area contributed by atoms with Gasteiger partial charge in [-0.1, -0.05) is 26.0 Å². The number of rotatable bonds is 5. The molecular weight excluding hydrogens is 419 g/mol. The van der Waals surface area contributed by atoms with Gasteiger partial charge in [-0.15, -0.1) is 0 Å². The van der Waals surface area contributed by atoms with Crippen molar-refractivity contribution >= 4 is 34.5 Å². The first-order valence-corrected chi connectivity index (χ1v) is 8.70. The molecule has 0 radical (unpaired) electrons. The van der Waals surface area contributed by atoms with Gasteiger partial charge in [0.1, 0.15) is 5.75 Å². The Hall–Kier alpha value is -1.89. The molecule has 2 aromatic carbocycles. The minimum absolute atomic E-state index is 0.263. The SMILES string of the molecule is Cc1ccc(C(=O)Oc2cccc(C(=O)OCC(C)C)c2)cc1I. The van der Waals surface area contributed by atoms with Gasteiger partial charge in [0.2, 0.25) is 0 Å². The van der Waals surface area contributed by atoms with Gasteiger partial charge < -0.3 is 9.47 Å². The van der Waals surface area contributed by atoms with Crippen LogP contribution in [0.25, 0.3) is 0 Å². The van der Waals surface area contributed by atoms with E-state index in [1.807, 2.05) is 26.8 Å². The highest BCUT2D eigenvalue weighted by molar-refractivity contribution is 14.1. The topological polar surface area (TPSA) is 52.6 Å². The minimum atomic E-state index is -0.458. The molecule has 0 atom stereocenters. The van der Waals surface area contributed by atoms with E-state index in [-0.39, 0.29) is 5.92 Å². The van der Waals surface area contributed by atoms with Gasteiger partial charge in [0.05, 0.1) is 17.7 Å². The number of hydrogen-bond acceptors (Lipinski definition) is 4. The molecule has 0 aromatic heterocycles. The maximum atomic E-state index is 12.2. The number of carbonyl (C=O) groups excluding carboxylic acids is 2. The van der Waals surface area contributed by atoms with Crippen molar-refractivity contribution in [1.29, 1.82) is 0 Å². The Bertz CT molecular complexity index is 753. The van der Waals surface area contributed by atoms with Crippen molar-refractivity contribution in [2.45, 2.75) is 20.8 Å². The van der Waals surface area contributed by atoms with E-state index in [9.17, 15) is 9.59 Å². The zero-order valence-electron chi connectivity index (χ0n) is 13.8. The maximum absolute atomic E-state index is 12.2. The second-order valence-corrected chi connectivity index (χ2v) is 7.04. The zero-order chi connectivity index (χ0) is 17.7. The van der Waals surface area contributed by atoms with Crippen molar-refractivity contribution in [3.05, 3.63) is 62.7 Å². The summed E-state index contributed by atoms with van der Waals surface area (Å²) in [7, 11) is 0. The molecule has 126 valence electrons. The van der Waals surface area contributed by atoms with Crippen molar-refractivity contribution in [3.8, 4) is 5.75 Å². The van der Waals surface area contributed by atoms with Gasteiger partial charge in [0, 0.05) is 3.57 Å². The zero-order valence-corrected chi connectivity index (χ0v) is 16.0. The Kier molecular flexibility index (Phi) is 6.36. The van der Waals surface area contributed by atoms with Crippen LogP contribution in [-0.2, 0) is 4.74 Å². The van der Waals surface area contributed by atoms with Crippen molar-refractivity contribution in [1.82, 2.24) is 0 Å². The molecule has 0 aliphatic carbocycles. The lowest BCUT2D eigenvalue weighted by Gasteiger charge is -2.09. The van der Waals surface area contributed by atoms with Gasteiger partial charge in [0.25, 0.3) is 0 Å². The summed E-state index contributed by atoms with van der Waals surface area (Å²) in [4.78, 5) is 24.2. The monoisotopic (exact) mass is 438 g/mol. The highest BCUT2D eigenvalue weighted by Gasteiger charge is 2.13. The van der Waals surface area contributed by atoms with Crippen LogP contribution in [0.1, 0.15) is 40.1 Å². The van der Waals surface area contributed by atoms with Crippen LogP contribution in [0, 0.1) is 16.4 Å². The third-order valence-electron chi connectivity index (χ3n) is 3.24. The first-order chi connectivity index (χ1) is 11.4. The molecule has 0 bridgehead atoms.